The van der Waals surface area contributed by atoms with Crippen LogP contribution in [0.4, 0.5) is 14.5 Å². The number of benzene rings is 2. The summed E-state index contributed by atoms with van der Waals surface area (Å²) in [6, 6.07) is 13.1. The van der Waals surface area contributed by atoms with Gasteiger partial charge < -0.3 is 10.1 Å². The molecule has 0 aliphatic carbocycles. The molecule has 0 aliphatic heterocycles. The van der Waals surface area contributed by atoms with Crippen LogP contribution in [0, 0.1) is 3.57 Å². The molecule has 0 radical (unpaired) electrons. The predicted octanol–water partition coefficient (Wildman–Crippen LogP) is 4.02. The number of ether oxygens (including phenoxy) is 1. The number of amides is 1. The van der Waals surface area contributed by atoms with Crippen LogP contribution in [0.5, 0.6) is 5.75 Å². The number of alkyl halides is 2. The van der Waals surface area contributed by atoms with Crippen LogP contribution in [-0.4, -0.2) is 17.6 Å². The highest BCUT2D eigenvalue weighted by molar-refractivity contribution is 14.1. The van der Waals surface area contributed by atoms with Gasteiger partial charge in [0, 0.05) is 3.57 Å². The largest absolute Gasteiger partial charge is 0.433 e. The number of para-hydroxylation sites is 2. The summed E-state index contributed by atoms with van der Waals surface area (Å²) in [7, 11) is 0. The quantitative estimate of drug-likeness (QED) is 0.548. The molecular formula is C15H11F2IN2O2S. The zero-order chi connectivity index (χ0) is 16.8. The number of anilines is 1. The average Bonchev–Trinajstić information content (AvgIpc) is 2.49. The molecule has 120 valence electrons. The van der Waals surface area contributed by atoms with Crippen LogP contribution >= 0.6 is 34.8 Å². The molecule has 0 bridgehead atoms. The SMILES string of the molecule is O=C(NC(=S)Nc1ccccc1OC(F)F)c1ccccc1I. The van der Waals surface area contributed by atoms with Crippen molar-refractivity contribution in [3.05, 3.63) is 57.7 Å². The third-order valence-corrected chi connectivity index (χ3v) is 3.84. The van der Waals surface area contributed by atoms with Crippen LogP contribution < -0.4 is 15.4 Å². The van der Waals surface area contributed by atoms with Crippen LogP contribution in [0.15, 0.2) is 48.5 Å². The van der Waals surface area contributed by atoms with E-state index in [1.54, 1.807) is 30.3 Å². The van der Waals surface area contributed by atoms with Gasteiger partial charge >= 0.3 is 6.61 Å². The molecule has 4 nitrogen and oxygen atoms in total. The molecule has 2 N–H and O–H groups in total. The molecule has 1 amide bonds. The minimum atomic E-state index is -2.95. The van der Waals surface area contributed by atoms with Crippen LogP contribution in [0.2, 0.25) is 0 Å². The number of nitrogens with one attached hydrogen (secondary N) is 2. The smallest absolute Gasteiger partial charge is 0.387 e. The van der Waals surface area contributed by atoms with Crippen molar-refractivity contribution in [2.24, 2.45) is 0 Å². The molecule has 2 aromatic rings. The van der Waals surface area contributed by atoms with Gasteiger partial charge in [-0.2, -0.15) is 8.78 Å². The lowest BCUT2D eigenvalue weighted by atomic mass is 10.2. The third-order valence-electron chi connectivity index (χ3n) is 2.70. The Morgan fingerprint density at radius 1 is 1.13 bits per heavy atom. The fourth-order valence-electron chi connectivity index (χ4n) is 1.74. The van der Waals surface area contributed by atoms with Gasteiger partial charge in [-0.1, -0.05) is 24.3 Å². The summed E-state index contributed by atoms with van der Waals surface area (Å²) in [6.07, 6.45) is 0. The van der Waals surface area contributed by atoms with Crippen molar-refractivity contribution in [1.82, 2.24) is 5.32 Å². The van der Waals surface area contributed by atoms with Crippen LogP contribution in [0.1, 0.15) is 10.4 Å². The first-order valence-electron chi connectivity index (χ1n) is 6.38. The van der Waals surface area contributed by atoms with E-state index in [1.807, 2.05) is 28.7 Å². The summed E-state index contributed by atoms with van der Waals surface area (Å²) in [5.74, 6) is -0.451. The fraction of sp³-hybridized carbons (Fsp3) is 0.0667. The molecule has 2 rings (SSSR count). The van der Waals surface area contributed by atoms with Crippen molar-refractivity contribution in [3.63, 3.8) is 0 Å². The average molecular weight is 448 g/mol. The second-order valence-electron chi connectivity index (χ2n) is 4.26. The highest BCUT2D eigenvalue weighted by Gasteiger charge is 2.13. The molecule has 0 fully saturated rings. The van der Waals surface area contributed by atoms with Crippen LogP contribution in [0.25, 0.3) is 0 Å². The first-order chi connectivity index (χ1) is 11.0. The topological polar surface area (TPSA) is 50.4 Å². The van der Waals surface area contributed by atoms with Crippen molar-refractivity contribution >= 4 is 51.5 Å². The van der Waals surface area contributed by atoms with Gasteiger partial charge in [-0.3, -0.25) is 10.1 Å². The van der Waals surface area contributed by atoms with E-state index in [1.165, 1.54) is 12.1 Å². The number of rotatable bonds is 4. The van der Waals surface area contributed by atoms with E-state index >= 15 is 0 Å². The minimum Gasteiger partial charge on any atom is -0.433 e. The minimum absolute atomic E-state index is 0.0139. The highest BCUT2D eigenvalue weighted by Crippen LogP contribution is 2.25. The molecule has 0 aliphatic rings. The molecule has 0 spiro atoms. The zero-order valence-corrected chi connectivity index (χ0v) is 14.5. The predicted molar refractivity (Wildman–Crippen MR) is 95.9 cm³/mol. The summed E-state index contributed by atoms with van der Waals surface area (Å²) in [6.45, 7) is -2.95. The number of halogens is 3. The zero-order valence-electron chi connectivity index (χ0n) is 11.6. The fourth-order valence-corrected chi connectivity index (χ4v) is 2.57. The van der Waals surface area contributed by atoms with Gasteiger partial charge in [0.15, 0.2) is 5.11 Å². The number of hydrogen-bond donors (Lipinski definition) is 2. The van der Waals surface area contributed by atoms with Gasteiger partial charge in [-0.15, -0.1) is 0 Å². The number of hydrogen-bond acceptors (Lipinski definition) is 3. The molecule has 23 heavy (non-hydrogen) atoms. The maximum absolute atomic E-state index is 12.4. The molecule has 2 aromatic carbocycles. The molecule has 8 heteroatoms. The Balaban J connectivity index is 2.06. The van der Waals surface area contributed by atoms with Crippen molar-refractivity contribution in [2.75, 3.05) is 5.32 Å². The number of thiocarbonyl (C=S) groups is 1. The first-order valence-corrected chi connectivity index (χ1v) is 7.87. The van der Waals surface area contributed by atoms with Gasteiger partial charge in [-0.05, 0) is 59.1 Å². The Hall–Kier alpha value is -1.81. The molecule has 0 atom stereocenters. The molecule has 0 saturated heterocycles. The standard InChI is InChI=1S/C15H11F2IN2O2S/c16-14(17)22-12-8-4-3-7-11(12)19-15(23)20-13(21)9-5-1-2-6-10(9)18/h1-8,14H,(H2,19,20,21,23). The summed E-state index contributed by atoms with van der Waals surface area (Å²) >= 11 is 7.08. The normalized spacial score (nSPS) is 10.3. The second kappa shape index (κ2) is 8.16. The van der Waals surface area contributed by atoms with Crippen molar-refractivity contribution in [2.45, 2.75) is 6.61 Å². The van der Waals surface area contributed by atoms with E-state index in [4.69, 9.17) is 12.2 Å². The van der Waals surface area contributed by atoms with E-state index in [0.717, 1.165) is 3.57 Å². The van der Waals surface area contributed by atoms with E-state index < -0.39 is 6.61 Å². The van der Waals surface area contributed by atoms with Crippen LogP contribution in [-0.2, 0) is 0 Å². The summed E-state index contributed by atoms with van der Waals surface area (Å²) in [5.41, 5.74) is 0.704. The van der Waals surface area contributed by atoms with E-state index in [9.17, 15) is 13.6 Å². The van der Waals surface area contributed by atoms with Crippen LogP contribution in [0.3, 0.4) is 0 Å². The molecule has 0 unspecified atom stereocenters. The molecule has 0 aromatic heterocycles. The van der Waals surface area contributed by atoms with E-state index in [2.05, 4.69) is 15.4 Å². The molecular weight excluding hydrogens is 437 g/mol. The lowest BCUT2D eigenvalue weighted by Gasteiger charge is -2.14. The molecule has 0 saturated carbocycles. The number of carbonyl (C=O) groups is 1. The maximum Gasteiger partial charge on any atom is 0.387 e. The monoisotopic (exact) mass is 448 g/mol. The Morgan fingerprint density at radius 2 is 1.78 bits per heavy atom. The van der Waals surface area contributed by atoms with Gasteiger partial charge in [0.05, 0.1) is 11.3 Å². The lowest BCUT2D eigenvalue weighted by molar-refractivity contribution is -0.0493. The van der Waals surface area contributed by atoms with Crippen molar-refractivity contribution < 1.29 is 18.3 Å². The third kappa shape index (κ3) is 5.10. The van der Waals surface area contributed by atoms with Gasteiger partial charge in [-0.25, -0.2) is 0 Å². The summed E-state index contributed by atoms with van der Waals surface area (Å²) in [5, 5.41) is 5.16. The Bertz CT molecular complexity index is 728. The first kappa shape index (κ1) is 17.5. The summed E-state index contributed by atoms with van der Waals surface area (Å²) < 4.78 is 29.9. The van der Waals surface area contributed by atoms with Crippen molar-refractivity contribution in [3.8, 4) is 5.75 Å². The second-order valence-corrected chi connectivity index (χ2v) is 5.83. The Labute approximate surface area is 150 Å². The Morgan fingerprint density at radius 3 is 2.48 bits per heavy atom. The maximum atomic E-state index is 12.4. The van der Waals surface area contributed by atoms with E-state index in [-0.39, 0.29) is 22.5 Å². The van der Waals surface area contributed by atoms with Gasteiger partial charge in [0.25, 0.3) is 5.91 Å². The number of carbonyl (C=O) groups excluding carboxylic acids is 1. The summed E-state index contributed by atoms with van der Waals surface area (Å²) in [4.78, 5) is 12.1. The molecule has 0 heterocycles. The highest BCUT2D eigenvalue weighted by atomic mass is 127. The Kier molecular flexibility index (Phi) is 6.22. The van der Waals surface area contributed by atoms with E-state index in [0.29, 0.717) is 5.56 Å². The van der Waals surface area contributed by atoms with Crippen molar-refractivity contribution in [1.29, 1.82) is 0 Å². The van der Waals surface area contributed by atoms with Gasteiger partial charge in [0.2, 0.25) is 0 Å². The lowest BCUT2D eigenvalue weighted by Crippen LogP contribution is -2.34. The van der Waals surface area contributed by atoms with Gasteiger partial charge in [0.1, 0.15) is 5.75 Å².